The van der Waals surface area contributed by atoms with Crippen molar-refractivity contribution < 1.29 is 0 Å². The molecule has 0 aromatic rings. The molecule has 1 heterocycles. The van der Waals surface area contributed by atoms with E-state index >= 15 is 0 Å². The van der Waals surface area contributed by atoms with Gasteiger partial charge in [-0.05, 0) is 38.8 Å². The summed E-state index contributed by atoms with van der Waals surface area (Å²) in [6, 6.07) is 0.818. The molecule has 0 aromatic carbocycles. The Kier molecular flexibility index (Phi) is 2.72. The standard InChI is InChI=1S/C9H19N/c1-4-10-7-5-6-8(2)9(10)3/h8-9H,4-7H2,1-3H3/t8-,9+/m0/s1. The topological polar surface area (TPSA) is 3.24 Å². The summed E-state index contributed by atoms with van der Waals surface area (Å²) in [5, 5.41) is 0. The van der Waals surface area contributed by atoms with Crippen LogP contribution in [0.25, 0.3) is 0 Å². The van der Waals surface area contributed by atoms with Crippen molar-refractivity contribution in [2.75, 3.05) is 13.1 Å². The van der Waals surface area contributed by atoms with Gasteiger partial charge in [0.1, 0.15) is 0 Å². The fourth-order valence-electron chi connectivity index (χ4n) is 1.87. The van der Waals surface area contributed by atoms with Crippen LogP contribution < -0.4 is 0 Å². The molecule has 0 saturated carbocycles. The molecule has 0 N–H and O–H groups in total. The van der Waals surface area contributed by atoms with E-state index in [4.69, 9.17) is 0 Å². The minimum absolute atomic E-state index is 0.818. The maximum atomic E-state index is 2.58. The van der Waals surface area contributed by atoms with E-state index in [1.807, 2.05) is 0 Å². The first-order chi connectivity index (χ1) is 4.75. The second-order valence-electron chi connectivity index (χ2n) is 3.49. The van der Waals surface area contributed by atoms with Gasteiger partial charge in [0.05, 0.1) is 0 Å². The number of rotatable bonds is 1. The average molecular weight is 141 g/mol. The van der Waals surface area contributed by atoms with Crippen LogP contribution in [0.2, 0.25) is 0 Å². The molecule has 1 saturated heterocycles. The van der Waals surface area contributed by atoms with Gasteiger partial charge in [-0.1, -0.05) is 13.8 Å². The molecule has 1 nitrogen and oxygen atoms in total. The Bertz CT molecular complexity index is 101. The van der Waals surface area contributed by atoms with Crippen molar-refractivity contribution in [1.82, 2.24) is 4.90 Å². The number of likely N-dealkylation sites (tertiary alicyclic amines) is 1. The van der Waals surface area contributed by atoms with Crippen LogP contribution in [0, 0.1) is 5.92 Å². The van der Waals surface area contributed by atoms with Gasteiger partial charge >= 0.3 is 0 Å². The molecule has 60 valence electrons. The van der Waals surface area contributed by atoms with Crippen LogP contribution in [0.4, 0.5) is 0 Å². The van der Waals surface area contributed by atoms with Crippen molar-refractivity contribution in [1.29, 1.82) is 0 Å². The predicted molar refractivity (Wildman–Crippen MR) is 45.1 cm³/mol. The smallest absolute Gasteiger partial charge is 0.00924 e. The lowest BCUT2D eigenvalue weighted by Crippen LogP contribution is -2.41. The zero-order valence-corrected chi connectivity index (χ0v) is 7.43. The lowest BCUT2D eigenvalue weighted by atomic mass is 9.92. The van der Waals surface area contributed by atoms with E-state index in [0.717, 1.165) is 12.0 Å². The summed E-state index contributed by atoms with van der Waals surface area (Å²) in [4.78, 5) is 2.58. The molecule has 1 rings (SSSR count). The zero-order valence-electron chi connectivity index (χ0n) is 7.43. The second kappa shape index (κ2) is 3.38. The predicted octanol–water partition coefficient (Wildman–Crippen LogP) is 2.13. The van der Waals surface area contributed by atoms with Gasteiger partial charge in [-0.15, -0.1) is 0 Å². The molecular weight excluding hydrogens is 122 g/mol. The molecule has 0 aromatic heterocycles. The second-order valence-corrected chi connectivity index (χ2v) is 3.49. The highest BCUT2D eigenvalue weighted by atomic mass is 15.2. The molecule has 2 atom stereocenters. The molecule has 0 aliphatic carbocycles. The molecule has 1 heteroatoms. The minimum atomic E-state index is 0.818. The van der Waals surface area contributed by atoms with Gasteiger partial charge in [-0.25, -0.2) is 0 Å². The van der Waals surface area contributed by atoms with Crippen molar-refractivity contribution in [3.63, 3.8) is 0 Å². The molecule has 0 bridgehead atoms. The number of nitrogens with zero attached hydrogens (tertiary/aromatic N) is 1. The van der Waals surface area contributed by atoms with Crippen LogP contribution in [0.3, 0.4) is 0 Å². The Morgan fingerprint density at radius 1 is 1.40 bits per heavy atom. The highest BCUT2D eigenvalue weighted by Crippen LogP contribution is 2.21. The third-order valence-electron chi connectivity index (χ3n) is 2.91. The molecule has 1 aliphatic heterocycles. The van der Waals surface area contributed by atoms with Crippen molar-refractivity contribution in [2.45, 2.75) is 39.7 Å². The highest BCUT2D eigenvalue weighted by Gasteiger charge is 2.22. The van der Waals surface area contributed by atoms with Gasteiger partial charge in [-0.3, -0.25) is 0 Å². The summed E-state index contributed by atoms with van der Waals surface area (Å²) >= 11 is 0. The van der Waals surface area contributed by atoms with E-state index in [0.29, 0.717) is 0 Å². The normalized spacial score (nSPS) is 36.3. The molecule has 0 radical (unpaired) electrons. The molecule has 1 fully saturated rings. The van der Waals surface area contributed by atoms with Gasteiger partial charge in [0.25, 0.3) is 0 Å². The zero-order chi connectivity index (χ0) is 7.56. The van der Waals surface area contributed by atoms with E-state index in [-0.39, 0.29) is 0 Å². The first-order valence-electron chi connectivity index (χ1n) is 4.49. The van der Waals surface area contributed by atoms with Crippen LogP contribution in [0.15, 0.2) is 0 Å². The first kappa shape index (κ1) is 8.06. The highest BCUT2D eigenvalue weighted by molar-refractivity contribution is 4.77. The summed E-state index contributed by atoms with van der Waals surface area (Å²) in [5.74, 6) is 0.911. The Morgan fingerprint density at radius 2 is 2.10 bits per heavy atom. The van der Waals surface area contributed by atoms with Gasteiger partial charge < -0.3 is 4.90 Å². The van der Waals surface area contributed by atoms with Crippen LogP contribution in [0.1, 0.15) is 33.6 Å². The Hall–Kier alpha value is -0.0400. The van der Waals surface area contributed by atoms with Crippen molar-refractivity contribution in [3.8, 4) is 0 Å². The summed E-state index contributed by atoms with van der Waals surface area (Å²) in [5.41, 5.74) is 0. The van der Waals surface area contributed by atoms with Crippen LogP contribution in [-0.2, 0) is 0 Å². The maximum Gasteiger partial charge on any atom is 0.00924 e. The van der Waals surface area contributed by atoms with Crippen molar-refractivity contribution in [2.24, 2.45) is 5.92 Å². The van der Waals surface area contributed by atoms with Gasteiger partial charge in [-0.2, -0.15) is 0 Å². The van der Waals surface area contributed by atoms with Gasteiger partial charge in [0.2, 0.25) is 0 Å². The first-order valence-corrected chi connectivity index (χ1v) is 4.49. The maximum absolute atomic E-state index is 2.58. The molecule has 0 unspecified atom stereocenters. The summed E-state index contributed by atoms with van der Waals surface area (Å²) < 4.78 is 0. The van der Waals surface area contributed by atoms with Gasteiger partial charge in [0.15, 0.2) is 0 Å². The monoisotopic (exact) mass is 141 g/mol. The average Bonchev–Trinajstić information content (AvgIpc) is 1.95. The van der Waals surface area contributed by atoms with Crippen LogP contribution >= 0.6 is 0 Å². The van der Waals surface area contributed by atoms with Crippen molar-refractivity contribution >= 4 is 0 Å². The summed E-state index contributed by atoms with van der Waals surface area (Å²) in [7, 11) is 0. The van der Waals surface area contributed by atoms with E-state index < -0.39 is 0 Å². The largest absolute Gasteiger partial charge is 0.301 e. The lowest BCUT2D eigenvalue weighted by Gasteiger charge is -2.37. The van der Waals surface area contributed by atoms with E-state index in [2.05, 4.69) is 25.7 Å². The molecule has 0 spiro atoms. The van der Waals surface area contributed by atoms with E-state index in [9.17, 15) is 0 Å². The number of hydrogen-bond donors (Lipinski definition) is 0. The number of hydrogen-bond acceptors (Lipinski definition) is 1. The van der Waals surface area contributed by atoms with E-state index in [1.165, 1.54) is 25.9 Å². The van der Waals surface area contributed by atoms with Crippen LogP contribution in [-0.4, -0.2) is 24.0 Å². The Labute approximate surface area is 64.4 Å². The fourth-order valence-corrected chi connectivity index (χ4v) is 1.87. The SMILES string of the molecule is CCN1CCC[C@H](C)[C@H]1C. The summed E-state index contributed by atoms with van der Waals surface area (Å²) in [6.45, 7) is 9.53. The Morgan fingerprint density at radius 3 is 2.60 bits per heavy atom. The van der Waals surface area contributed by atoms with Gasteiger partial charge in [0, 0.05) is 6.04 Å². The molecular formula is C9H19N. The number of piperidine rings is 1. The third-order valence-corrected chi connectivity index (χ3v) is 2.91. The Balaban J connectivity index is 2.42. The fraction of sp³-hybridized carbons (Fsp3) is 1.00. The molecule has 0 amide bonds. The quantitative estimate of drug-likeness (QED) is 0.540. The lowest BCUT2D eigenvalue weighted by molar-refractivity contribution is 0.120. The summed E-state index contributed by atoms with van der Waals surface area (Å²) in [6.07, 6.45) is 2.83. The minimum Gasteiger partial charge on any atom is -0.301 e. The molecule has 1 aliphatic rings. The molecule has 10 heavy (non-hydrogen) atoms. The third kappa shape index (κ3) is 1.51. The van der Waals surface area contributed by atoms with E-state index in [1.54, 1.807) is 0 Å². The van der Waals surface area contributed by atoms with Crippen molar-refractivity contribution in [3.05, 3.63) is 0 Å². The van der Waals surface area contributed by atoms with Crippen LogP contribution in [0.5, 0.6) is 0 Å².